The summed E-state index contributed by atoms with van der Waals surface area (Å²) < 4.78 is 0. The van der Waals surface area contributed by atoms with E-state index in [1.54, 1.807) is 0 Å². The molecule has 4 heteroatoms. The van der Waals surface area contributed by atoms with Crippen LogP contribution in [0, 0.1) is 5.92 Å². The Morgan fingerprint density at radius 1 is 1.39 bits per heavy atom. The van der Waals surface area contributed by atoms with Crippen LogP contribution < -0.4 is 5.32 Å². The largest absolute Gasteiger partial charge is 0.329 e. The Hall–Kier alpha value is -0.610. The summed E-state index contributed by atoms with van der Waals surface area (Å²) >= 11 is 0. The summed E-state index contributed by atoms with van der Waals surface area (Å²) in [5.74, 6) is 0.866. The van der Waals surface area contributed by atoms with Crippen LogP contribution in [0.3, 0.4) is 0 Å². The van der Waals surface area contributed by atoms with E-state index in [0.717, 1.165) is 45.7 Å². The first-order valence-corrected chi connectivity index (χ1v) is 7.33. The van der Waals surface area contributed by atoms with Crippen molar-refractivity contribution < 1.29 is 4.79 Å². The molecule has 1 rings (SSSR count). The normalized spacial score (nSPS) is 20.4. The number of hydrogen-bond donors (Lipinski definition) is 1. The van der Waals surface area contributed by atoms with Crippen LogP contribution in [0.25, 0.3) is 0 Å². The van der Waals surface area contributed by atoms with E-state index in [4.69, 9.17) is 0 Å². The van der Waals surface area contributed by atoms with Crippen LogP contribution >= 0.6 is 0 Å². The molecule has 106 valence electrons. The predicted molar refractivity (Wildman–Crippen MR) is 75.4 cm³/mol. The summed E-state index contributed by atoms with van der Waals surface area (Å²) in [6.45, 7) is 13.6. The Bertz CT molecular complexity index is 251. The van der Waals surface area contributed by atoms with Gasteiger partial charge in [-0.15, -0.1) is 0 Å². The fraction of sp³-hybridized carbons (Fsp3) is 0.929. The highest BCUT2D eigenvalue weighted by Gasteiger charge is 2.30. The number of nitrogens with zero attached hydrogens (tertiary/aromatic N) is 2. The van der Waals surface area contributed by atoms with Gasteiger partial charge in [-0.25, -0.2) is 0 Å². The molecule has 0 saturated carbocycles. The lowest BCUT2D eigenvalue weighted by atomic mass is 10.0. The maximum atomic E-state index is 12.1. The Balaban J connectivity index is 2.26. The molecule has 18 heavy (non-hydrogen) atoms. The van der Waals surface area contributed by atoms with Gasteiger partial charge in [0, 0.05) is 6.54 Å². The monoisotopic (exact) mass is 255 g/mol. The SMILES string of the molecule is CCN(CC)CCCN1CNC(CC(C)C)C1=O. The maximum Gasteiger partial charge on any atom is 0.240 e. The van der Waals surface area contributed by atoms with E-state index in [1.807, 2.05) is 4.90 Å². The van der Waals surface area contributed by atoms with Crippen molar-refractivity contribution in [3.05, 3.63) is 0 Å². The molecule has 1 N–H and O–H groups in total. The molecule has 0 aromatic heterocycles. The Morgan fingerprint density at radius 2 is 2.06 bits per heavy atom. The number of amides is 1. The first-order chi connectivity index (χ1) is 8.58. The first kappa shape index (κ1) is 15.4. The van der Waals surface area contributed by atoms with Crippen LogP contribution in [0.15, 0.2) is 0 Å². The minimum atomic E-state index is 0.0541. The zero-order valence-corrected chi connectivity index (χ0v) is 12.4. The molecule has 0 bridgehead atoms. The number of hydrogen-bond acceptors (Lipinski definition) is 3. The number of nitrogens with one attached hydrogen (secondary N) is 1. The van der Waals surface area contributed by atoms with Gasteiger partial charge in [0.25, 0.3) is 0 Å². The van der Waals surface area contributed by atoms with Crippen LogP contribution in [-0.2, 0) is 4.79 Å². The van der Waals surface area contributed by atoms with Crippen molar-refractivity contribution in [1.82, 2.24) is 15.1 Å². The Labute approximate surface area is 112 Å². The third-order valence-corrected chi connectivity index (χ3v) is 3.64. The van der Waals surface area contributed by atoms with Gasteiger partial charge >= 0.3 is 0 Å². The number of rotatable bonds is 8. The number of carbonyl (C=O) groups is 1. The highest BCUT2D eigenvalue weighted by Crippen LogP contribution is 2.12. The van der Waals surface area contributed by atoms with Crippen LogP contribution in [0.1, 0.15) is 40.5 Å². The van der Waals surface area contributed by atoms with Crippen molar-refractivity contribution in [1.29, 1.82) is 0 Å². The van der Waals surface area contributed by atoms with Crippen molar-refractivity contribution in [3.8, 4) is 0 Å². The minimum absolute atomic E-state index is 0.0541. The topological polar surface area (TPSA) is 35.6 Å². The molecule has 1 heterocycles. The summed E-state index contributed by atoms with van der Waals surface area (Å²) in [5, 5.41) is 3.32. The Morgan fingerprint density at radius 3 is 2.61 bits per heavy atom. The summed E-state index contributed by atoms with van der Waals surface area (Å²) in [6.07, 6.45) is 2.02. The van der Waals surface area contributed by atoms with Gasteiger partial charge < -0.3 is 9.80 Å². The molecule has 1 amide bonds. The summed E-state index contributed by atoms with van der Waals surface area (Å²) in [5.41, 5.74) is 0. The van der Waals surface area contributed by atoms with Gasteiger partial charge in [0.15, 0.2) is 0 Å². The van der Waals surface area contributed by atoms with Crippen LogP contribution in [0.5, 0.6) is 0 Å². The smallest absolute Gasteiger partial charge is 0.240 e. The van der Waals surface area contributed by atoms with E-state index in [1.165, 1.54) is 0 Å². The van der Waals surface area contributed by atoms with Crippen molar-refractivity contribution in [2.45, 2.75) is 46.6 Å². The lowest BCUT2D eigenvalue weighted by molar-refractivity contribution is -0.129. The van der Waals surface area contributed by atoms with Crippen molar-refractivity contribution in [2.24, 2.45) is 5.92 Å². The summed E-state index contributed by atoms with van der Waals surface area (Å²) in [7, 11) is 0. The second-order valence-electron chi connectivity index (χ2n) is 5.53. The molecule has 1 aliphatic heterocycles. The lowest BCUT2D eigenvalue weighted by Crippen LogP contribution is -2.33. The predicted octanol–water partition coefficient (Wildman–Crippen LogP) is 1.52. The van der Waals surface area contributed by atoms with Gasteiger partial charge in [-0.2, -0.15) is 0 Å². The molecule has 1 unspecified atom stereocenters. The molecule has 0 aromatic rings. The molecular formula is C14H29N3O. The van der Waals surface area contributed by atoms with Gasteiger partial charge in [-0.3, -0.25) is 10.1 Å². The van der Waals surface area contributed by atoms with Crippen LogP contribution in [0.4, 0.5) is 0 Å². The molecule has 4 nitrogen and oxygen atoms in total. The van der Waals surface area contributed by atoms with E-state index in [2.05, 4.69) is 37.9 Å². The van der Waals surface area contributed by atoms with Gasteiger partial charge in [0.05, 0.1) is 12.7 Å². The standard InChI is InChI=1S/C14H29N3O/c1-5-16(6-2)8-7-9-17-11-15-13(14(17)18)10-12(3)4/h12-13,15H,5-11H2,1-4H3. The molecule has 0 aliphatic carbocycles. The highest BCUT2D eigenvalue weighted by molar-refractivity contribution is 5.83. The Kier molecular flexibility index (Phi) is 6.65. The fourth-order valence-corrected chi connectivity index (χ4v) is 2.48. The molecule has 0 aromatic carbocycles. The summed E-state index contributed by atoms with van der Waals surface area (Å²) in [6, 6.07) is 0.0541. The molecule has 0 spiro atoms. The van der Waals surface area contributed by atoms with E-state index < -0.39 is 0 Å². The highest BCUT2D eigenvalue weighted by atomic mass is 16.2. The van der Waals surface area contributed by atoms with E-state index in [9.17, 15) is 4.79 Å². The fourth-order valence-electron chi connectivity index (χ4n) is 2.48. The second-order valence-corrected chi connectivity index (χ2v) is 5.53. The molecule has 1 aliphatic rings. The molecular weight excluding hydrogens is 226 g/mol. The molecule has 1 fully saturated rings. The van der Waals surface area contributed by atoms with Crippen molar-refractivity contribution in [2.75, 3.05) is 32.8 Å². The molecule has 0 radical (unpaired) electrons. The lowest BCUT2D eigenvalue weighted by Gasteiger charge is -2.20. The van der Waals surface area contributed by atoms with Crippen LogP contribution in [0.2, 0.25) is 0 Å². The third kappa shape index (κ3) is 4.58. The van der Waals surface area contributed by atoms with E-state index in [0.29, 0.717) is 11.8 Å². The average molecular weight is 255 g/mol. The minimum Gasteiger partial charge on any atom is -0.329 e. The van der Waals surface area contributed by atoms with E-state index in [-0.39, 0.29) is 6.04 Å². The first-order valence-electron chi connectivity index (χ1n) is 7.33. The summed E-state index contributed by atoms with van der Waals surface area (Å²) in [4.78, 5) is 16.5. The van der Waals surface area contributed by atoms with Gasteiger partial charge in [0.1, 0.15) is 0 Å². The van der Waals surface area contributed by atoms with Crippen LogP contribution in [-0.4, -0.2) is 54.6 Å². The van der Waals surface area contributed by atoms with Gasteiger partial charge in [-0.1, -0.05) is 27.7 Å². The van der Waals surface area contributed by atoms with Crippen molar-refractivity contribution >= 4 is 5.91 Å². The second kappa shape index (κ2) is 7.74. The zero-order valence-electron chi connectivity index (χ0n) is 12.4. The maximum absolute atomic E-state index is 12.1. The number of carbonyl (C=O) groups excluding carboxylic acids is 1. The van der Waals surface area contributed by atoms with E-state index >= 15 is 0 Å². The van der Waals surface area contributed by atoms with Crippen molar-refractivity contribution in [3.63, 3.8) is 0 Å². The van der Waals surface area contributed by atoms with Gasteiger partial charge in [-0.05, 0) is 38.4 Å². The zero-order chi connectivity index (χ0) is 13.5. The average Bonchev–Trinajstić information content (AvgIpc) is 2.66. The quantitative estimate of drug-likeness (QED) is 0.714. The van der Waals surface area contributed by atoms with Gasteiger partial charge in [0.2, 0.25) is 5.91 Å². The molecule has 1 atom stereocenters. The third-order valence-electron chi connectivity index (χ3n) is 3.64. The molecule has 1 saturated heterocycles.